The minimum atomic E-state index is 0.264. The van der Waals surface area contributed by atoms with Gasteiger partial charge in [-0.25, -0.2) is 4.98 Å². The van der Waals surface area contributed by atoms with Crippen molar-refractivity contribution in [3.8, 4) is 5.82 Å². The summed E-state index contributed by atoms with van der Waals surface area (Å²) < 4.78 is 2.19. The van der Waals surface area contributed by atoms with Crippen LogP contribution < -0.4 is 0 Å². The van der Waals surface area contributed by atoms with Crippen LogP contribution in [0.15, 0.2) is 60.9 Å². The first kappa shape index (κ1) is 14.9. The van der Waals surface area contributed by atoms with E-state index in [0.29, 0.717) is 0 Å². The molecule has 3 heterocycles. The molecule has 4 rings (SSSR count). The molecule has 3 nitrogen and oxygen atoms in total. The highest BCUT2D eigenvalue weighted by molar-refractivity contribution is 6.07. The Morgan fingerprint density at radius 1 is 0.875 bits per heavy atom. The van der Waals surface area contributed by atoms with Crippen molar-refractivity contribution in [2.45, 2.75) is 27.2 Å². The van der Waals surface area contributed by atoms with Crippen molar-refractivity contribution in [1.29, 1.82) is 0 Å². The molecule has 0 spiro atoms. The van der Waals surface area contributed by atoms with Gasteiger partial charge in [-0.3, -0.25) is 9.55 Å². The van der Waals surface area contributed by atoms with Gasteiger partial charge in [0.05, 0.1) is 16.6 Å². The van der Waals surface area contributed by atoms with Crippen LogP contribution in [0.1, 0.15) is 26.3 Å². The van der Waals surface area contributed by atoms with Crippen molar-refractivity contribution in [2.75, 3.05) is 0 Å². The van der Waals surface area contributed by atoms with E-state index >= 15 is 0 Å². The lowest BCUT2D eigenvalue weighted by Gasteiger charge is -2.18. The average molecular weight is 315 g/mol. The van der Waals surface area contributed by atoms with Gasteiger partial charge in [0.25, 0.3) is 0 Å². The molecular formula is C21H21N3. The summed E-state index contributed by atoms with van der Waals surface area (Å²) in [6.45, 7) is 6.81. The Bertz CT molecular complexity index is 1010. The number of nitrogens with zero attached hydrogens (tertiary/aromatic N) is 3. The molecule has 0 bridgehead atoms. The van der Waals surface area contributed by atoms with Crippen molar-refractivity contribution in [2.24, 2.45) is 5.41 Å². The van der Waals surface area contributed by atoms with Crippen molar-refractivity contribution >= 4 is 21.9 Å². The minimum absolute atomic E-state index is 0.264. The second-order valence-corrected chi connectivity index (χ2v) is 7.48. The molecule has 0 N–H and O–H groups in total. The predicted octanol–water partition coefficient (Wildman–Crippen LogP) is 5.16. The first-order valence-corrected chi connectivity index (χ1v) is 8.32. The van der Waals surface area contributed by atoms with Crippen LogP contribution in [0.25, 0.3) is 27.8 Å². The second kappa shape index (κ2) is 5.45. The van der Waals surface area contributed by atoms with Crippen LogP contribution in [0.5, 0.6) is 0 Å². The number of hydrogen-bond donors (Lipinski definition) is 0. The lowest BCUT2D eigenvalue weighted by atomic mass is 9.88. The molecule has 0 saturated heterocycles. The lowest BCUT2D eigenvalue weighted by Crippen LogP contribution is -2.08. The van der Waals surface area contributed by atoms with Gasteiger partial charge in [0.2, 0.25) is 0 Å². The predicted molar refractivity (Wildman–Crippen MR) is 99.5 cm³/mol. The van der Waals surface area contributed by atoms with Crippen LogP contribution in [0.3, 0.4) is 0 Å². The van der Waals surface area contributed by atoms with Crippen LogP contribution in [0, 0.1) is 5.41 Å². The molecule has 4 aromatic rings. The molecule has 0 atom stereocenters. The summed E-state index contributed by atoms with van der Waals surface area (Å²) in [5, 5.41) is 1.19. The number of fused-ring (bicyclic) bond motifs is 3. The molecule has 0 radical (unpaired) electrons. The lowest BCUT2D eigenvalue weighted by molar-refractivity contribution is 0.411. The fourth-order valence-electron chi connectivity index (χ4n) is 3.34. The highest BCUT2D eigenvalue weighted by Gasteiger charge is 2.16. The minimum Gasteiger partial charge on any atom is -0.292 e. The molecule has 0 aliphatic rings. The molecule has 0 amide bonds. The number of benzene rings is 1. The Morgan fingerprint density at radius 3 is 2.46 bits per heavy atom. The van der Waals surface area contributed by atoms with Gasteiger partial charge >= 0.3 is 0 Å². The van der Waals surface area contributed by atoms with Gasteiger partial charge in [0.1, 0.15) is 5.82 Å². The highest BCUT2D eigenvalue weighted by Crippen LogP contribution is 2.32. The van der Waals surface area contributed by atoms with Crippen molar-refractivity contribution in [1.82, 2.24) is 14.5 Å². The van der Waals surface area contributed by atoms with Crippen molar-refractivity contribution < 1.29 is 0 Å². The Kier molecular flexibility index (Phi) is 3.38. The molecular weight excluding hydrogens is 294 g/mol. The fraction of sp³-hybridized carbons (Fsp3) is 0.238. The first-order valence-electron chi connectivity index (χ1n) is 8.32. The molecule has 0 saturated carbocycles. The van der Waals surface area contributed by atoms with Gasteiger partial charge in [-0.2, -0.15) is 0 Å². The van der Waals surface area contributed by atoms with Crippen LogP contribution in [-0.2, 0) is 6.42 Å². The molecule has 120 valence electrons. The summed E-state index contributed by atoms with van der Waals surface area (Å²) in [6.07, 6.45) is 4.74. The topological polar surface area (TPSA) is 30.7 Å². The zero-order valence-corrected chi connectivity index (χ0v) is 14.3. The van der Waals surface area contributed by atoms with E-state index in [2.05, 4.69) is 59.6 Å². The SMILES string of the molecule is CC(C)(C)Cc1ccc2c(c1)c1ncccc1n2-c1ccccn1. The summed E-state index contributed by atoms with van der Waals surface area (Å²) in [7, 11) is 0. The van der Waals surface area contributed by atoms with Gasteiger partial charge in [0, 0.05) is 17.8 Å². The van der Waals surface area contributed by atoms with Crippen LogP contribution >= 0.6 is 0 Å². The zero-order valence-electron chi connectivity index (χ0n) is 14.3. The van der Waals surface area contributed by atoms with E-state index in [0.717, 1.165) is 28.8 Å². The summed E-state index contributed by atoms with van der Waals surface area (Å²) in [5.74, 6) is 0.925. The monoisotopic (exact) mass is 315 g/mol. The Labute approximate surface area is 142 Å². The smallest absolute Gasteiger partial charge is 0.137 e. The summed E-state index contributed by atoms with van der Waals surface area (Å²) in [5.41, 5.74) is 4.90. The van der Waals surface area contributed by atoms with Crippen LogP contribution in [-0.4, -0.2) is 14.5 Å². The second-order valence-electron chi connectivity index (χ2n) is 7.48. The number of aromatic nitrogens is 3. The first-order chi connectivity index (χ1) is 11.5. The van der Waals surface area contributed by atoms with Crippen LogP contribution in [0.4, 0.5) is 0 Å². The Hall–Kier alpha value is -2.68. The van der Waals surface area contributed by atoms with Crippen molar-refractivity contribution in [3.63, 3.8) is 0 Å². The van der Waals surface area contributed by atoms with Gasteiger partial charge < -0.3 is 0 Å². The van der Waals surface area contributed by atoms with E-state index in [1.807, 2.05) is 36.7 Å². The third kappa shape index (κ3) is 2.56. The maximum atomic E-state index is 4.64. The largest absolute Gasteiger partial charge is 0.292 e. The molecule has 3 aromatic heterocycles. The summed E-state index contributed by atoms with van der Waals surface area (Å²) in [4.78, 5) is 9.18. The average Bonchev–Trinajstić information content (AvgIpc) is 2.88. The van der Waals surface area contributed by atoms with E-state index in [9.17, 15) is 0 Å². The van der Waals surface area contributed by atoms with E-state index in [1.165, 1.54) is 10.9 Å². The number of hydrogen-bond acceptors (Lipinski definition) is 2. The van der Waals surface area contributed by atoms with E-state index in [4.69, 9.17) is 0 Å². The van der Waals surface area contributed by atoms with E-state index < -0.39 is 0 Å². The summed E-state index contributed by atoms with van der Waals surface area (Å²) >= 11 is 0. The van der Waals surface area contributed by atoms with E-state index in [1.54, 1.807) is 0 Å². The highest BCUT2D eigenvalue weighted by atomic mass is 15.1. The molecule has 0 fully saturated rings. The quantitative estimate of drug-likeness (QED) is 0.511. The van der Waals surface area contributed by atoms with Gasteiger partial charge in [-0.1, -0.05) is 32.9 Å². The molecule has 24 heavy (non-hydrogen) atoms. The molecule has 1 aromatic carbocycles. The molecule has 0 aliphatic heterocycles. The van der Waals surface area contributed by atoms with Gasteiger partial charge in [0.15, 0.2) is 0 Å². The van der Waals surface area contributed by atoms with E-state index in [-0.39, 0.29) is 5.41 Å². The maximum Gasteiger partial charge on any atom is 0.137 e. The van der Waals surface area contributed by atoms with Crippen molar-refractivity contribution in [3.05, 3.63) is 66.5 Å². The molecule has 0 aliphatic carbocycles. The Balaban J connectivity index is 2.02. The normalized spacial score (nSPS) is 12.1. The number of rotatable bonds is 2. The third-order valence-electron chi connectivity index (χ3n) is 4.20. The third-order valence-corrected chi connectivity index (χ3v) is 4.20. The standard InChI is InChI=1S/C21H21N3/c1-21(2,3)14-15-9-10-17-16(13-15)20-18(7-6-12-23-20)24(17)19-8-4-5-11-22-19/h4-13H,14H2,1-3H3. The Morgan fingerprint density at radius 2 is 1.71 bits per heavy atom. The molecule has 3 heteroatoms. The van der Waals surface area contributed by atoms with Gasteiger partial charge in [-0.15, -0.1) is 0 Å². The molecule has 0 unspecified atom stereocenters. The zero-order chi connectivity index (χ0) is 16.7. The fourth-order valence-corrected chi connectivity index (χ4v) is 3.34. The van der Waals surface area contributed by atoms with Crippen LogP contribution in [0.2, 0.25) is 0 Å². The van der Waals surface area contributed by atoms with Gasteiger partial charge in [-0.05, 0) is 53.8 Å². The number of pyridine rings is 2. The summed E-state index contributed by atoms with van der Waals surface area (Å²) in [6, 6.07) is 16.8. The maximum absolute atomic E-state index is 4.64.